The molecule has 140 valence electrons. The van der Waals surface area contributed by atoms with Crippen molar-refractivity contribution in [2.24, 2.45) is 0 Å². The van der Waals surface area contributed by atoms with E-state index in [1.807, 2.05) is 0 Å². The minimum absolute atomic E-state index is 0. The Morgan fingerprint density at radius 3 is 1.30 bits per heavy atom. The number of hydrogen-bond acceptors (Lipinski definition) is 0. The molecule has 2 aliphatic rings. The van der Waals surface area contributed by atoms with Gasteiger partial charge in [-0.2, -0.15) is 0 Å². The van der Waals surface area contributed by atoms with Crippen molar-refractivity contribution in [1.29, 1.82) is 0 Å². The first-order chi connectivity index (χ1) is 11.8. The van der Waals surface area contributed by atoms with Gasteiger partial charge in [-0.3, -0.25) is 0 Å². The van der Waals surface area contributed by atoms with E-state index < -0.39 is 23.2 Å². The second-order valence-corrected chi connectivity index (χ2v) is 13.5. The fraction of sp³-hybridized carbons (Fsp3) is 0.333. The summed E-state index contributed by atoms with van der Waals surface area (Å²) in [7, 11) is 0. The maximum Gasteiger partial charge on any atom is -1.00 e. The van der Waals surface area contributed by atoms with Crippen LogP contribution in [0, 0.1) is 0 Å². The molecule has 2 aromatic rings. The van der Waals surface area contributed by atoms with E-state index in [0.29, 0.717) is 0 Å². The number of fused-ring (bicyclic) bond motifs is 2. The van der Waals surface area contributed by atoms with Crippen LogP contribution in [0.1, 0.15) is 63.8 Å². The van der Waals surface area contributed by atoms with Gasteiger partial charge in [-0.05, 0) is 0 Å². The zero-order valence-electron chi connectivity index (χ0n) is 16.9. The summed E-state index contributed by atoms with van der Waals surface area (Å²) in [4.78, 5) is 0. The van der Waals surface area contributed by atoms with Gasteiger partial charge in [0.2, 0.25) is 0 Å². The van der Waals surface area contributed by atoms with Gasteiger partial charge in [-0.25, -0.2) is 0 Å². The number of halogens is 2. The van der Waals surface area contributed by atoms with E-state index in [-0.39, 0.29) is 31.1 Å². The van der Waals surface area contributed by atoms with Crippen molar-refractivity contribution in [2.45, 2.75) is 47.8 Å². The monoisotopic (exact) mass is 474 g/mol. The third kappa shape index (κ3) is 3.06. The van der Waals surface area contributed by atoms with Crippen LogP contribution >= 0.6 is 0 Å². The third-order valence-corrected chi connectivity index (χ3v) is 12.5. The van der Waals surface area contributed by atoms with Crippen molar-refractivity contribution in [2.75, 3.05) is 0 Å². The first kappa shape index (κ1) is 22.7. The number of rotatable bonds is 2. The molecule has 4 rings (SSSR count). The van der Waals surface area contributed by atoms with E-state index in [1.54, 1.807) is 22.3 Å². The maximum atomic E-state index is 2.53. The molecule has 0 bridgehead atoms. The van der Waals surface area contributed by atoms with Crippen LogP contribution in [-0.4, -0.2) is 0 Å². The molecule has 0 aromatic heterocycles. The van der Waals surface area contributed by atoms with Gasteiger partial charge in [-0.15, -0.1) is 0 Å². The summed E-state index contributed by atoms with van der Waals surface area (Å²) in [5, 5.41) is 0. The van der Waals surface area contributed by atoms with Crippen molar-refractivity contribution >= 4 is 11.1 Å². The Bertz CT molecular complexity index is 879. The summed E-state index contributed by atoms with van der Waals surface area (Å²) in [6.07, 6.45) is 0. The van der Waals surface area contributed by atoms with Crippen LogP contribution in [-0.2, 0) is 29.5 Å². The molecule has 2 atom stereocenters. The van der Waals surface area contributed by atoms with Crippen LogP contribution in [0.4, 0.5) is 0 Å². The van der Waals surface area contributed by atoms with Crippen molar-refractivity contribution in [3.63, 3.8) is 0 Å². The summed E-state index contributed by atoms with van der Waals surface area (Å²) in [5.74, 6) is 0. The summed E-state index contributed by atoms with van der Waals surface area (Å²) >= 11 is -0.889. The summed E-state index contributed by atoms with van der Waals surface area (Å²) in [6.45, 7) is 14.4. The van der Waals surface area contributed by atoms with Gasteiger partial charge in [0.25, 0.3) is 0 Å². The van der Waals surface area contributed by atoms with Crippen molar-refractivity contribution < 1.29 is 48.0 Å². The van der Waals surface area contributed by atoms with Crippen molar-refractivity contribution in [3.05, 3.63) is 81.9 Å². The number of hydrogen-bond donors (Lipinski definition) is 0. The molecule has 0 fully saturated rings. The smallest absolute Gasteiger partial charge is 1.00 e. The molecule has 0 heterocycles. The van der Waals surface area contributed by atoms with E-state index in [4.69, 9.17) is 0 Å². The van der Waals surface area contributed by atoms with Gasteiger partial charge in [0.05, 0.1) is 0 Å². The number of allylic oxidation sites excluding steroid dienone is 4. The number of benzene rings is 2. The molecule has 0 aliphatic heterocycles. The molecule has 2 aliphatic carbocycles. The molecule has 0 spiro atoms. The van der Waals surface area contributed by atoms with Gasteiger partial charge in [0.1, 0.15) is 0 Å². The first-order valence-corrected chi connectivity index (χ1v) is 11.6. The average molecular weight is 477 g/mol. The zero-order valence-corrected chi connectivity index (χ0v) is 20.8. The Kier molecular flexibility index (Phi) is 6.43. The molecule has 2 aromatic carbocycles. The van der Waals surface area contributed by atoms with Crippen LogP contribution in [0.2, 0.25) is 0 Å². The quantitative estimate of drug-likeness (QED) is 0.593. The summed E-state index contributed by atoms with van der Waals surface area (Å²) in [5.41, 5.74) is 12.3. The van der Waals surface area contributed by atoms with E-state index in [9.17, 15) is 0 Å². The fourth-order valence-corrected chi connectivity index (χ4v) is 10.9. The normalized spacial score (nSPS) is 25.4. The topological polar surface area (TPSA) is 0 Å². The average Bonchev–Trinajstić information content (AvgIpc) is 2.93. The van der Waals surface area contributed by atoms with Crippen LogP contribution < -0.4 is 24.8 Å². The Morgan fingerprint density at radius 2 is 0.926 bits per heavy atom. The van der Waals surface area contributed by atoms with Crippen molar-refractivity contribution in [1.82, 2.24) is 0 Å². The molecule has 0 saturated carbocycles. The Balaban J connectivity index is 0.00000131. The van der Waals surface area contributed by atoms with Crippen LogP contribution in [0.5, 0.6) is 0 Å². The Hall–Kier alpha value is -0.617. The van der Waals surface area contributed by atoms with Gasteiger partial charge in [0.15, 0.2) is 0 Å². The zero-order chi connectivity index (χ0) is 18.0. The second-order valence-electron chi connectivity index (χ2n) is 7.97. The maximum absolute atomic E-state index is 2.53. The molecule has 0 radical (unpaired) electrons. The molecule has 2 unspecified atom stereocenters. The molecule has 0 N–H and O–H groups in total. The third-order valence-electron chi connectivity index (χ3n) is 6.86. The molecular formula is C24H26Cl2Zr. The predicted molar refractivity (Wildman–Crippen MR) is 104 cm³/mol. The van der Waals surface area contributed by atoms with Gasteiger partial charge in [-0.1, -0.05) is 0 Å². The van der Waals surface area contributed by atoms with Crippen LogP contribution in [0.15, 0.2) is 59.7 Å². The fourth-order valence-electron chi connectivity index (χ4n) is 4.87. The van der Waals surface area contributed by atoms with E-state index >= 15 is 0 Å². The first-order valence-electron chi connectivity index (χ1n) is 9.15. The van der Waals surface area contributed by atoms with Gasteiger partial charge in [0, 0.05) is 0 Å². The van der Waals surface area contributed by atoms with Crippen LogP contribution in [0.25, 0.3) is 11.1 Å². The minimum Gasteiger partial charge on any atom is -1.00 e. The van der Waals surface area contributed by atoms with Gasteiger partial charge >= 0.3 is 164 Å². The Morgan fingerprint density at radius 1 is 0.593 bits per heavy atom. The van der Waals surface area contributed by atoms with E-state index in [2.05, 4.69) is 90.1 Å². The second kappa shape index (κ2) is 7.66. The van der Waals surface area contributed by atoms with E-state index in [0.717, 1.165) is 0 Å². The summed E-state index contributed by atoms with van der Waals surface area (Å²) in [6, 6.07) is 18.2. The SMILES string of the molecule is CC1=C(C)[C](C)([Zr+2][C]2(C)C(C)=C(C)c3ccccc32)c2ccccc21.[Cl-].[Cl-]. The summed E-state index contributed by atoms with van der Waals surface area (Å²) < 4.78 is 0.523. The van der Waals surface area contributed by atoms with Crippen LogP contribution in [0.3, 0.4) is 0 Å². The van der Waals surface area contributed by atoms with Gasteiger partial charge < -0.3 is 24.8 Å². The molecule has 3 heteroatoms. The molecule has 0 saturated heterocycles. The predicted octanol–water partition coefficient (Wildman–Crippen LogP) is 0.522. The molecule has 0 nitrogen and oxygen atoms in total. The molecule has 27 heavy (non-hydrogen) atoms. The standard InChI is InChI=1S/2C12H13.2ClH.Zr/c2*1-8-9(2)11-6-4-5-7-12(11)10(8)3;;;/h2*4-7H,1-3H3;2*1H;/q;;;;+2/p-2. The largest absolute Gasteiger partial charge is 1.00 e. The van der Waals surface area contributed by atoms with E-state index in [1.165, 1.54) is 22.3 Å². The Labute approximate surface area is 187 Å². The molecule has 0 amide bonds. The minimum atomic E-state index is -0.889. The molecular weight excluding hydrogens is 450 g/mol. The van der Waals surface area contributed by atoms with Crippen molar-refractivity contribution in [3.8, 4) is 0 Å².